The molecule has 1 fully saturated rings. The highest BCUT2D eigenvalue weighted by molar-refractivity contribution is 7.13. The molecule has 3 aromatic rings. The maximum absolute atomic E-state index is 5.25. The number of nitrogens with zero attached hydrogens (tertiary/aromatic N) is 2. The summed E-state index contributed by atoms with van der Waals surface area (Å²) in [4.78, 5) is 4.93. The predicted octanol–water partition coefficient (Wildman–Crippen LogP) is 6.57. The zero-order valence-electron chi connectivity index (χ0n) is 16.3. The molecule has 0 aliphatic heterocycles. The third-order valence-electron chi connectivity index (χ3n) is 5.79. The lowest BCUT2D eigenvalue weighted by Crippen LogP contribution is -2.11. The zero-order chi connectivity index (χ0) is 18.6. The van der Waals surface area contributed by atoms with Gasteiger partial charge < -0.3 is 9.30 Å². The molecule has 1 aromatic carbocycles. The van der Waals surface area contributed by atoms with Crippen LogP contribution in [0.5, 0.6) is 5.75 Å². The van der Waals surface area contributed by atoms with E-state index in [4.69, 9.17) is 9.72 Å². The van der Waals surface area contributed by atoms with E-state index in [-0.39, 0.29) is 0 Å². The SMILES string of the molecule is COc1ccc(-c2nc(-c3ccc(C)n3CCC3CCCCC3)cs2)cc1. The molecule has 0 amide bonds. The second kappa shape index (κ2) is 8.30. The second-order valence-electron chi connectivity index (χ2n) is 7.57. The van der Waals surface area contributed by atoms with Crippen LogP contribution in [0.25, 0.3) is 22.0 Å². The maximum atomic E-state index is 5.25. The number of rotatable bonds is 6. The molecule has 0 bridgehead atoms. The minimum Gasteiger partial charge on any atom is -0.497 e. The minimum absolute atomic E-state index is 0.878. The van der Waals surface area contributed by atoms with E-state index in [0.717, 1.165) is 34.5 Å². The van der Waals surface area contributed by atoms with Gasteiger partial charge in [-0.3, -0.25) is 0 Å². The van der Waals surface area contributed by atoms with Crippen molar-refractivity contribution in [1.29, 1.82) is 0 Å². The zero-order valence-corrected chi connectivity index (χ0v) is 17.1. The van der Waals surface area contributed by atoms with Gasteiger partial charge in [0.05, 0.1) is 18.5 Å². The van der Waals surface area contributed by atoms with Crippen LogP contribution in [0.1, 0.15) is 44.2 Å². The lowest BCUT2D eigenvalue weighted by molar-refractivity contribution is 0.324. The lowest BCUT2D eigenvalue weighted by Gasteiger charge is -2.22. The predicted molar refractivity (Wildman–Crippen MR) is 113 cm³/mol. The fraction of sp³-hybridized carbons (Fsp3) is 0.435. The minimum atomic E-state index is 0.878. The number of methoxy groups -OCH3 is 1. The van der Waals surface area contributed by atoms with Crippen molar-refractivity contribution < 1.29 is 4.74 Å². The van der Waals surface area contributed by atoms with Gasteiger partial charge in [-0.1, -0.05) is 32.1 Å². The monoisotopic (exact) mass is 380 g/mol. The molecule has 142 valence electrons. The molecule has 0 atom stereocenters. The van der Waals surface area contributed by atoms with Crippen molar-refractivity contribution in [2.45, 2.75) is 52.0 Å². The third kappa shape index (κ3) is 4.11. The summed E-state index contributed by atoms with van der Waals surface area (Å²) < 4.78 is 7.71. The average Bonchev–Trinajstić information content (AvgIpc) is 3.34. The summed E-state index contributed by atoms with van der Waals surface area (Å²) in [6.07, 6.45) is 8.37. The van der Waals surface area contributed by atoms with E-state index in [1.54, 1.807) is 18.4 Å². The Kier molecular flexibility index (Phi) is 5.63. The van der Waals surface area contributed by atoms with Crippen LogP contribution < -0.4 is 4.74 Å². The summed E-state index contributed by atoms with van der Waals surface area (Å²) in [5.41, 5.74) is 4.81. The fourth-order valence-electron chi connectivity index (χ4n) is 4.13. The summed E-state index contributed by atoms with van der Waals surface area (Å²) >= 11 is 1.71. The van der Waals surface area contributed by atoms with E-state index < -0.39 is 0 Å². The summed E-state index contributed by atoms with van der Waals surface area (Å²) in [5.74, 6) is 1.78. The van der Waals surface area contributed by atoms with Crippen molar-refractivity contribution >= 4 is 11.3 Å². The summed E-state index contributed by atoms with van der Waals surface area (Å²) in [6.45, 7) is 3.31. The van der Waals surface area contributed by atoms with E-state index in [1.165, 1.54) is 49.9 Å². The van der Waals surface area contributed by atoms with Crippen molar-refractivity contribution in [2.75, 3.05) is 7.11 Å². The number of thiazole rings is 1. The van der Waals surface area contributed by atoms with Crippen molar-refractivity contribution in [3.63, 3.8) is 0 Å². The number of hydrogen-bond acceptors (Lipinski definition) is 3. The lowest BCUT2D eigenvalue weighted by atomic mass is 9.87. The number of aromatic nitrogens is 2. The molecular formula is C23H28N2OS. The standard InChI is InChI=1S/C23H28N2OS/c1-17-8-13-22(25(17)15-14-18-6-4-3-5-7-18)21-16-27-23(24-21)19-9-11-20(26-2)12-10-19/h8-13,16,18H,3-7,14-15H2,1-2H3. The van der Waals surface area contributed by atoms with Gasteiger partial charge in [0.15, 0.2) is 0 Å². The molecule has 0 unspecified atom stereocenters. The maximum Gasteiger partial charge on any atom is 0.124 e. The Balaban J connectivity index is 1.52. The van der Waals surface area contributed by atoms with Crippen molar-refractivity contribution in [1.82, 2.24) is 9.55 Å². The molecule has 1 aliphatic carbocycles. The average molecular weight is 381 g/mol. The van der Waals surface area contributed by atoms with Crippen LogP contribution in [-0.2, 0) is 6.54 Å². The molecule has 1 saturated carbocycles. The van der Waals surface area contributed by atoms with Gasteiger partial charge >= 0.3 is 0 Å². The highest BCUT2D eigenvalue weighted by Gasteiger charge is 2.16. The highest BCUT2D eigenvalue weighted by Crippen LogP contribution is 2.32. The van der Waals surface area contributed by atoms with E-state index >= 15 is 0 Å². The fourth-order valence-corrected chi connectivity index (χ4v) is 4.95. The second-order valence-corrected chi connectivity index (χ2v) is 8.43. The number of hydrogen-bond donors (Lipinski definition) is 0. The van der Waals surface area contributed by atoms with E-state index in [0.29, 0.717) is 0 Å². The Morgan fingerprint density at radius 1 is 1.07 bits per heavy atom. The first-order valence-corrected chi connectivity index (χ1v) is 10.9. The Morgan fingerprint density at radius 2 is 1.85 bits per heavy atom. The summed E-state index contributed by atoms with van der Waals surface area (Å²) in [6, 6.07) is 12.6. The Labute approximate surface area is 166 Å². The Hall–Kier alpha value is -2.07. The van der Waals surface area contributed by atoms with Crippen LogP contribution >= 0.6 is 11.3 Å². The van der Waals surface area contributed by atoms with Crippen molar-refractivity contribution in [3.8, 4) is 27.7 Å². The first-order chi connectivity index (χ1) is 13.2. The topological polar surface area (TPSA) is 27.1 Å². The largest absolute Gasteiger partial charge is 0.497 e. The Morgan fingerprint density at radius 3 is 2.59 bits per heavy atom. The molecule has 2 aromatic heterocycles. The van der Waals surface area contributed by atoms with Crippen LogP contribution in [-0.4, -0.2) is 16.7 Å². The quantitative estimate of drug-likeness (QED) is 0.484. The molecule has 4 heteroatoms. The normalized spacial score (nSPS) is 15.2. The van der Waals surface area contributed by atoms with E-state index in [1.807, 2.05) is 12.1 Å². The molecule has 1 aliphatic rings. The third-order valence-corrected chi connectivity index (χ3v) is 6.68. The molecule has 27 heavy (non-hydrogen) atoms. The van der Waals surface area contributed by atoms with Crippen LogP contribution in [0.3, 0.4) is 0 Å². The first-order valence-electron chi connectivity index (χ1n) is 10.0. The molecule has 2 heterocycles. The van der Waals surface area contributed by atoms with Crippen LogP contribution in [0, 0.1) is 12.8 Å². The smallest absolute Gasteiger partial charge is 0.124 e. The van der Waals surface area contributed by atoms with Gasteiger partial charge in [0, 0.05) is 23.2 Å². The van der Waals surface area contributed by atoms with Crippen molar-refractivity contribution in [3.05, 3.63) is 47.5 Å². The summed E-state index contributed by atoms with van der Waals surface area (Å²) in [7, 11) is 1.69. The Bertz CT molecular complexity index is 872. The molecule has 3 nitrogen and oxygen atoms in total. The van der Waals surface area contributed by atoms with Crippen LogP contribution in [0.15, 0.2) is 41.8 Å². The molecule has 0 N–H and O–H groups in total. The van der Waals surface area contributed by atoms with Gasteiger partial charge in [-0.25, -0.2) is 4.98 Å². The molecule has 4 rings (SSSR count). The first kappa shape index (κ1) is 18.3. The summed E-state index contributed by atoms with van der Waals surface area (Å²) in [5, 5.41) is 3.25. The number of aryl methyl sites for hydroxylation is 1. The van der Waals surface area contributed by atoms with Crippen molar-refractivity contribution in [2.24, 2.45) is 5.92 Å². The molecule has 0 radical (unpaired) electrons. The van der Waals surface area contributed by atoms with Gasteiger partial charge in [0.2, 0.25) is 0 Å². The van der Waals surface area contributed by atoms with Gasteiger partial charge in [-0.15, -0.1) is 11.3 Å². The van der Waals surface area contributed by atoms with E-state index in [2.05, 4.69) is 41.1 Å². The number of benzene rings is 1. The van der Waals surface area contributed by atoms with E-state index in [9.17, 15) is 0 Å². The van der Waals surface area contributed by atoms with Crippen LogP contribution in [0.4, 0.5) is 0 Å². The van der Waals surface area contributed by atoms with Gasteiger partial charge in [0.25, 0.3) is 0 Å². The number of ether oxygens (including phenoxy) is 1. The van der Waals surface area contributed by atoms with Gasteiger partial charge in [0.1, 0.15) is 10.8 Å². The van der Waals surface area contributed by atoms with Gasteiger partial charge in [-0.2, -0.15) is 0 Å². The molecule has 0 spiro atoms. The highest BCUT2D eigenvalue weighted by atomic mass is 32.1. The van der Waals surface area contributed by atoms with Crippen LogP contribution in [0.2, 0.25) is 0 Å². The van der Waals surface area contributed by atoms with Gasteiger partial charge in [-0.05, 0) is 55.7 Å². The molecule has 0 saturated heterocycles. The molecular weight excluding hydrogens is 352 g/mol.